The first-order chi connectivity index (χ1) is 26.2. The Bertz CT molecular complexity index is 2950. The van der Waals surface area contributed by atoms with E-state index in [4.69, 9.17) is 4.98 Å². The van der Waals surface area contributed by atoms with E-state index in [0.29, 0.717) is 0 Å². The average molecular weight is 697 g/mol. The second-order valence-electron chi connectivity index (χ2n) is 13.5. The largest absolute Gasteiger partial charge is 0.309 e. The fraction of sp³-hybridized carbons (Fsp3) is 0. The quantitative estimate of drug-likeness (QED) is 0.128. The molecule has 4 heteroatoms. The zero-order chi connectivity index (χ0) is 35.4. The number of hydrogen-bond acceptors (Lipinski definition) is 2. The lowest BCUT2D eigenvalue weighted by Gasteiger charge is -2.20. The third-order valence-electron chi connectivity index (χ3n) is 10.5. The van der Waals surface area contributed by atoms with Crippen LogP contribution in [0.2, 0.25) is 0 Å². The molecule has 2 heterocycles. The first-order valence-corrected chi connectivity index (χ1v) is 19.6. The highest BCUT2D eigenvalue weighted by Crippen LogP contribution is 2.45. The first-order valence-electron chi connectivity index (χ1n) is 17.9. The van der Waals surface area contributed by atoms with Crippen molar-refractivity contribution in [3.63, 3.8) is 0 Å². The van der Waals surface area contributed by atoms with Crippen LogP contribution in [0.3, 0.4) is 0 Å². The molecule has 2 aromatic heterocycles. The van der Waals surface area contributed by atoms with E-state index >= 15 is 4.57 Å². The maximum atomic E-state index is 15.2. The maximum absolute atomic E-state index is 15.2. The lowest BCUT2D eigenvalue weighted by Crippen LogP contribution is -2.24. The maximum Gasteiger partial charge on any atom is 0.171 e. The van der Waals surface area contributed by atoms with Gasteiger partial charge in [-0.25, -0.2) is 4.98 Å². The van der Waals surface area contributed by atoms with E-state index in [2.05, 4.69) is 144 Å². The fourth-order valence-corrected chi connectivity index (χ4v) is 10.6. The van der Waals surface area contributed by atoms with E-state index in [1.54, 1.807) is 0 Å². The third kappa shape index (κ3) is 5.04. The Morgan fingerprint density at radius 2 is 0.981 bits per heavy atom. The summed E-state index contributed by atoms with van der Waals surface area (Å²) in [6, 6.07) is 69.0. The summed E-state index contributed by atoms with van der Waals surface area (Å²) >= 11 is 0. The van der Waals surface area contributed by atoms with E-state index < -0.39 is 7.14 Å². The van der Waals surface area contributed by atoms with Gasteiger partial charge in [0, 0.05) is 54.3 Å². The van der Waals surface area contributed by atoms with Crippen LogP contribution < -0.4 is 15.9 Å². The number of nitrogens with zero attached hydrogens (tertiary/aromatic N) is 2. The Morgan fingerprint density at radius 1 is 0.415 bits per heavy atom. The van der Waals surface area contributed by atoms with Gasteiger partial charge in [0.25, 0.3) is 0 Å². The van der Waals surface area contributed by atoms with E-state index in [1.165, 1.54) is 16.2 Å². The highest BCUT2D eigenvalue weighted by Gasteiger charge is 2.29. The molecule has 0 aliphatic carbocycles. The highest BCUT2D eigenvalue weighted by molar-refractivity contribution is 7.85. The summed E-state index contributed by atoms with van der Waals surface area (Å²) in [6.07, 6.45) is 0. The SMILES string of the molecule is O=P(c1ccccc1)(c1ccccc1)c1ccc(-c2cccc3c4cc5c(-c6ccccc6)nc6ccccc6c5cc4n(-c4ccccc4)c23)cc1. The van der Waals surface area contributed by atoms with Gasteiger partial charge in [-0.05, 0) is 41.3 Å². The number of benzene rings is 8. The second kappa shape index (κ2) is 12.6. The van der Waals surface area contributed by atoms with Crippen molar-refractivity contribution in [1.29, 1.82) is 0 Å². The normalized spacial score (nSPS) is 11.8. The summed E-state index contributed by atoms with van der Waals surface area (Å²) in [4.78, 5) is 5.23. The minimum absolute atomic E-state index is 0.813. The van der Waals surface area contributed by atoms with Gasteiger partial charge in [-0.15, -0.1) is 0 Å². The van der Waals surface area contributed by atoms with Gasteiger partial charge in [-0.1, -0.05) is 170 Å². The molecule has 0 aliphatic heterocycles. The zero-order valence-electron chi connectivity index (χ0n) is 28.8. The smallest absolute Gasteiger partial charge is 0.171 e. The highest BCUT2D eigenvalue weighted by atomic mass is 31.2. The third-order valence-corrected chi connectivity index (χ3v) is 13.5. The number of rotatable bonds is 6. The molecule has 0 amide bonds. The average Bonchev–Trinajstić information content (AvgIpc) is 3.57. The van der Waals surface area contributed by atoms with Gasteiger partial charge in [0.2, 0.25) is 0 Å². The van der Waals surface area contributed by atoms with Crippen molar-refractivity contribution < 1.29 is 4.57 Å². The van der Waals surface area contributed by atoms with E-state index in [1.807, 2.05) is 60.7 Å². The Balaban J connectivity index is 1.24. The van der Waals surface area contributed by atoms with E-state index in [0.717, 1.165) is 71.3 Å². The molecule has 0 N–H and O–H groups in total. The van der Waals surface area contributed by atoms with Crippen LogP contribution in [0.1, 0.15) is 0 Å². The number of hydrogen-bond donors (Lipinski definition) is 0. The molecule has 0 spiro atoms. The van der Waals surface area contributed by atoms with Crippen LogP contribution in [0, 0.1) is 0 Å². The van der Waals surface area contributed by atoms with Crippen molar-refractivity contribution in [1.82, 2.24) is 9.55 Å². The molecular formula is C49H33N2OP. The Morgan fingerprint density at radius 3 is 1.66 bits per heavy atom. The van der Waals surface area contributed by atoms with Gasteiger partial charge in [0.1, 0.15) is 0 Å². The molecule has 3 nitrogen and oxygen atoms in total. The fourth-order valence-electron chi connectivity index (χ4n) is 7.98. The summed E-state index contributed by atoms with van der Waals surface area (Å²) in [5.41, 5.74) is 8.58. The van der Waals surface area contributed by atoms with E-state index in [-0.39, 0.29) is 0 Å². The molecule has 0 aliphatic rings. The Kier molecular flexibility index (Phi) is 7.42. The van der Waals surface area contributed by atoms with Crippen molar-refractivity contribution in [3.8, 4) is 28.1 Å². The van der Waals surface area contributed by atoms with Gasteiger partial charge < -0.3 is 9.13 Å². The molecule has 0 unspecified atom stereocenters. The van der Waals surface area contributed by atoms with Crippen LogP contribution in [0.25, 0.3) is 71.6 Å². The molecule has 53 heavy (non-hydrogen) atoms. The zero-order valence-corrected chi connectivity index (χ0v) is 29.7. The van der Waals surface area contributed by atoms with Gasteiger partial charge in [-0.2, -0.15) is 0 Å². The monoisotopic (exact) mass is 696 g/mol. The predicted molar refractivity (Wildman–Crippen MR) is 224 cm³/mol. The molecular weight excluding hydrogens is 664 g/mol. The number of fused-ring (bicyclic) bond motifs is 6. The summed E-state index contributed by atoms with van der Waals surface area (Å²) in [5.74, 6) is 0. The minimum Gasteiger partial charge on any atom is -0.309 e. The standard InChI is InChI=1S/C49H33N2OP/c52-53(37-20-9-3-10-21-37,38-22-11-4-12-23-38)39-30-28-34(29-31-39)40-25-15-26-42-44-32-45-43(33-47(44)51(49(40)42)36-18-7-2-8-19-36)41-24-13-14-27-46(41)50-48(45)35-16-5-1-6-17-35/h1-33H. The molecule has 10 aromatic rings. The Hall–Kier alpha value is -6.54. The lowest BCUT2D eigenvalue weighted by atomic mass is 9.97. The number of para-hydroxylation sites is 3. The molecule has 0 saturated carbocycles. The van der Waals surface area contributed by atoms with Crippen LogP contribution in [0.15, 0.2) is 200 Å². The summed E-state index contributed by atoms with van der Waals surface area (Å²) in [5, 5.41) is 8.23. The molecule has 0 radical (unpaired) electrons. The van der Waals surface area contributed by atoms with Gasteiger partial charge in [-0.3, -0.25) is 0 Å². The minimum atomic E-state index is -3.10. The van der Waals surface area contributed by atoms with Crippen molar-refractivity contribution in [2.45, 2.75) is 0 Å². The predicted octanol–water partition coefficient (Wildman–Crippen LogP) is 11.5. The summed E-state index contributed by atoms with van der Waals surface area (Å²) < 4.78 is 17.6. The molecule has 250 valence electrons. The molecule has 0 bridgehead atoms. The summed E-state index contributed by atoms with van der Waals surface area (Å²) in [7, 11) is -3.10. The lowest BCUT2D eigenvalue weighted by molar-refractivity contribution is 0.592. The first kappa shape index (κ1) is 31.2. The second-order valence-corrected chi connectivity index (χ2v) is 16.2. The van der Waals surface area contributed by atoms with Crippen LogP contribution in [-0.4, -0.2) is 9.55 Å². The Labute approximate surface area is 307 Å². The molecule has 10 rings (SSSR count). The van der Waals surface area contributed by atoms with Gasteiger partial charge >= 0.3 is 0 Å². The van der Waals surface area contributed by atoms with Crippen LogP contribution in [-0.2, 0) is 4.57 Å². The van der Waals surface area contributed by atoms with Crippen molar-refractivity contribution in [3.05, 3.63) is 200 Å². The van der Waals surface area contributed by atoms with Gasteiger partial charge in [0.15, 0.2) is 7.14 Å². The van der Waals surface area contributed by atoms with Crippen LogP contribution >= 0.6 is 7.14 Å². The topological polar surface area (TPSA) is 34.9 Å². The van der Waals surface area contributed by atoms with Crippen LogP contribution in [0.5, 0.6) is 0 Å². The number of pyridine rings is 1. The van der Waals surface area contributed by atoms with Crippen LogP contribution in [0.4, 0.5) is 0 Å². The molecule has 0 fully saturated rings. The van der Waals surface area contributed by atoms with Crippen molar-refractivity contribution >= 4 is 66.5 Å². The van der Waals surface area contributed by atoms with Crippen molar-refractivity contribution in [2.24, 2.45) is 0 Å². The number of aromatic nitrogens is 2. The van der Waals surface area contributed by atoms with Gasteiger partial charge in [0.05, 0.1) is 22.2 Å². The van der Waals surface area contributed by atoms with Crippen molar-refractivity contribution in [2.75, 3.05) is 0 Å². The summed E-state index contributed by atoms with van der Waals surface area (Å²) in [6.45, 7) is 0. The molecule has 8 aromatic carbocycles. The van der Waals surface area contributed by atoms with E-state index in [9.17, 15) is 0 Å². The molecule has 0 saturated heterocycles. The molecule has 0 atom stereocenters.